The van der Waals surface area contributed by atoms with E-state index in [1.807, 2.05) is 25.7 Å². The Morgan fingerprint density at radius 1 is 1.14 bits per heavy atom. The van der Waals surface area contributed by atoms with Crippen LogP contribution in [0.2, 0.25) is 0 Å². The Kier molecular flexibility index (Phi) is 6.50. The molecular weight excluding hydrogens is 372 g/mol. The lowest BCUT2D eigenvalue weighted by molar-refractivity contribution is 0.0217. The number of rotatable bonds is 5. The third kappa shape index (κ3) is 3.86. The van der Waals surface area contributed by atoms with Crippen LogP contribution in [0.5, 0.6) is 0 Å². The lowest BCUT2D eigenvalue weighted by Gasteiger charge is -2.47. The highest BCUT2D eigenvalue weighted by molar-refractivity contribution is 7.89. The molecule has 0 aromatic heterocycles. The molecule has 1 aliphatic carbocycles. The predicted octanol–water partition coefficient (Wildman–Crippen LogP) is 4.07. The fourth-order valence-corrected chi connectivity index (χ4v) is 6.51. The molecule has 156 valence electrons. The van der Waals surface area contributed by atoms with Gasteiger partial charge in [-0.2, -0.15) is 4.31 Å². The van der Waals surface area contributed by atoms with E-state index in [1.165, 1.54) is 23.6 Å². The number of likely N-dealkylation sites (tertiary alicyclic amines) is 1. The van der Waals surface area contributed by atoms with Gasteiger partial charge in [-0.05, 0) is 55.7 Å². The number of hydrogen-bond acceptors (Lipinski definition) is 3. The predicted molar refractivity (Wildman–Crippen MR) is 112 cm³/mol. The van der Waals surface area contributed by atoms with Gasteiger partial charge in [0.05, 0.1) is 4.90 Å². The topological polar surface area (TPSA) is 57.7 Å². The maximum absolute atomic E-state index is 13.5. The van der Waals surface area contributed by atoms with Crippen LogP contribution in [0, 0.1) is 18.8 Å². The van der Waals surface area contributed by atoms with Crippen LogP contribution in [0.4, 0.5) is 0 Å². The van der Waals surface area contributed by atoms with Gasteiger partial charge in [-0.15, -0.1) is 0 Å². The zero-order chi connectivity index (χ0) is 20.5. The number of piperidine rings is 1. The molecule has 1 saturated carbocycles. The number of aryl methyl sites for hydroxylation is 1. The number of amides is 1. The molecule has 3 atom stereocenters. The van der Waals surface area contributed by atoms with Crippen LogP contribution in [0.25, 0.3) is 0 Å². The average molecular weight is 407 g/mol. The van der Waals surface area contributed by atoms with E-state index in [-0.39, 0.29) is 10.8 Å². The largest absolute Gasteiger partial charge is 0.335 e. The summed E-state index contributed by atoms with van der Waals surface area (Å²) in [5.74, 6) is 1.23. The molecule has 2 fully saturated rings. The number of hydrogen-bond donors (Lipinski definition) is 0. The van der Waals surface area contributed by atoms with Gasteiger partial charge in [-0.1, -0.05) is 39.7 Å². The molecule has 0 unspecified atom stereocenters. The monoisotopic (exact) mass is 406 g/mol. The van der Waals surface area contributed by atoms with Crippen molar-refractivity contribution in [3.05, 3.63) is 29.3 Å². The maximum Gasteiger partial charge on any atom is 0.254 e. The molecule has 0 N–H and O–H groups in total. The summed E-state index contributed by atoms with van der Waals surface area (Å²) in [7, 11) is -3.57. The second kappa shape index (κ2) is 8.54. The number of carbonyl (C=O) groups is 1. The van der Waals surface area contributed by atoms with E-state index >= 15 is 0 Å². The van der Waals surface area contributed by atoms with Gasteiger partial charge in [0.15, 0.2) is 0 Å². The first kappa shape index (κ1) is 21.3. The van der Waals surface area contributed by atoms with E-state index in [2.05, 4.69) is 6.92 Å². The van der Waals surface area contributed by atoms with Crippen molar-refractivity contribution in [3.8, 4) is 0 Å². The number of fused-ring (bicyclic) bond motifs is 1. The van der Waals surface area contributed by atoms with E-state index in [9.17, 15) is 13.2 Å². The van der Waals surface area contributed by atoms with Gasteiger partial charge in [0.25, 0.3) is 5.91 Å². The number of carbonyl (C=O) groups excluding carboxylic acids is 1. The number of sulfonamides is 1. The van der Waals surface area contributed by atoms with Crippen LogP contribution in [-0.4, -0.2) is 49.2 Å². The molecule has 1 aliphatic heterocycles. The molecule has 1 aromatic carbocycles. The second-order valence-corrected chi connectivity index (χ2v) is 10.3. The summed E-state index contributed by atoms with van der Waals surface area (Å²) in [4.78, 5) is 15.7. The molecular formula is C22H34N2O3S. The minimum absolute atomic E-state index is 0.00195. The Balaban J connectivity index is 1.94. The smallest absolute Gasteiger partial charge is 0.254 e. The molecule has 6 heteroatoms. The first-order valence-corrected chi connectivity index (χ1v) is 12.2. The van der Waals surface area contributed by atoms with E-state index in [0.29, 0.717) is 36.5 Å². The van der Waals surface area contributed by atoms with Crippen molar-refractivity contribution in [1.82, 2.24) is 9.21 Å². The fourth-order valence-electron chi connectivity index (χ4n) is 5.02. The van der Waals surface area contributed by atoms with Crippen molar-refractivity contribution in [2.45, 2.75) is 70.7 Å². The Hall–Kier alpha value is -1.40. The summed E-state index contributed by atoms with van der Waals surface area (Å²) in [6, 6.07) is 5.30. The SMILES string of the molecule is CCN(CC)S(=O)(=O)c1ccc(C)c(C(=O)N2CC[C@H](C)[C@H]3CCCC[C@H]32)c1. The number of nitrogens with zero attached hydrogens (tertiary/aromatic N) is 2. The van der Waals surface area contributed by atoms with Gasteiger partial charge in [0, 0.05) is 31.2 Å². The molecule has 3 rings (SSSR count). The van der Waals surface area contributed by atoms with E-state index in [0.717, 1.165) is 24.9 Å². The molecule has 28 heavy (non-hydrogen) atoms. The highest BCUT2D eigenvalue weighted by Gasteiger charge is 2.40. The van der Waals surface area contributed by atoms with Crippen LogP contribution in [-0.2, 0) is 10.0 Å². The van der Waals surface area contributed by atoms with Crippen LogP contribution >= 0.6 is 0 Å². The van der Waals surface area contributed by atoms with Crippen LogP contribution in [0.1, 0.15) is 68.8 Å². The van der Waals surface area contributed by atoms with Crippen molar-refractivity contribution >= 4 is 15.9 Å². The highest BCUT2D eigenvalue weighted by Crippen LogP contribution is 2.39. The lowest BCUT2D eigenvalue weighted by atomic mass is 9.72. The third-order valence-electron chi connectivity index (χ3n) is 6.78. The summed E-state index contributed by atoms with van der Waals surface area (Å²) in [5, 5.41) is 0. The normalized spacial score (nSPS) is 25.6. The third-order valence-corrected chi connectivity index (χ3v) is 8.83. The van der Waals surface area contributed by atoms with Gasteiger partial charge in [0.2, 0.25) is 10.0 Å². The van der Waals surface area contributed by atoms with E-state index < -0.39 is 10.0 Å². The second-order valence-electron chi connectivity index (χ2n) is 8.35. The number of benzene rings is 1. The molecule has 1 amide bonds. The summed E-state index contributed by atoms with van der Waals surface area (Å²) in [5.41, 5.74) is 1.38. The zero-order valence-electron chi connectivity index (χ0n) is 17.6. The van der Waals surface area contributed by atoms with Crippen molar-refractivity contribution in [1.29, 1.82) is 0 Å². The molecule has 0 radical (unpaired) electrons. The van der Waals surface area contributed by atoms with E-state index in [1.54, 1.807) is 18.2 Å². The lowest BCUT2D eigenvalue weighted by Crippen LogP contribution is -2.52. The zero-order valence-corrected chi connectivity index (χ0v) is 18.5. The van der Waals surface area contributed by atoms with Gasteiger partial charge in [0.1, 0.15) is 0 Å². The molecule has 1 heterocycles. The molecule has 0 bridgehead atoms. The highest BCUT2D eigenvalue weighted by atomic mass is 32.2. The van der Waals surface area contributed by atoms with Crippen molar-refractivity contribution in [2.24, 2.45) is 11.8 Å². The van der Waals surface area contributed by atoms with Crippen LogP contribution in [0.15, 0.2) is 23.1 Å². The summed E-state index contributed by atoms with van der Waals surface area (Å²) in [6.45, 7) is 9.49. The molecule has 5 nitrogen and oxygen atoms in total. The first-order chi connectivity index (χ1) is 13.3. The van der Waals surface area contributed by atoms with Gasteiger partial charge in [-0.3, -0.25) is 4.79 Å². The van der Waals surface area contributed by atoms with Crippen LogP contribution in [0.3, 0.4) is 0 Å². The molecule has 2 aliphatic rings. The minimum atomic E-state index is -3.57. The quantitative estimate of drug-likeness (QED) is 0.741. The minimum Gasteiger partial charge on any atom is -0.335 e. The summed E-state index contributed by atoms with van der Waals surface area (Å²) in [6.07, 6.45) is 5.72. The average Bonchev–Trinajstić information content (AvgIpc) is 2.69. The molecule has 1 saturated heterocycles. The van der Waals surface area contributed by atoms with Gasteiger partial charge in [-0.25, -0.2) is 8.42 Å². The van der Waals surface area contributed by atoms with Crippen LogP contribution < -0.4 is 0 Å². The Bertz CT molecular complexity index is 817. The van der Waals surface area contributed by atoms with Gasteiger partial charge < -0.3 is 4.90 Å². The van der Waals surface area contributed by atoms with Crippen molar-refractivity contribution < 1.29 is 13.2 Å². The van der Waals surface area contributed by atoms with Gasteiger partial charge >= 0.3 is 0 Å². The van der Waals surface area contributed by atoms with Crippen molar-refractivity contribution in [2.75, 3.05) is 19.6 Å². The Labute approximate surface area is 170 Å². The summed E-state index contributed by atoms with van der Waals surface area (Å²) >= 11 is 0. The standard InChI is InChI=1S/C22H34N2O3S/c1-5-23(6-2)28(26,27)18-12-11-16(3)20(15-18)22(25)24-14-13-17(4)19-9-7-8-10-21(19)24/h11-12,15,17,19,21H,5-10,13-14H2,1-4H3/t17-,19+,21+/m0/s1. The Morgan fingerprint density at radius 2 is 1.82 bits per heavy atom. The fraction of sp³-hybridized carbons (Fsp3) is 0.682. The van der Waals surface area contributed by atoms with Crippen molar-refractivity contribution in [3.63, 3.8) is 0 Å². The van der Waals surface area contributed by atoms with E-state index in [4.69, 9.17) is 0 Å². The Morgan fingerprint density at radius 3 is 2.50 bits per heavy atom. The molecule has 0 spiro atoms. The summed E-state index contributed by atoms with van der Waals surface area (Å²) < 4.78 is 27.3. The molecule has 1 aromatic rings. The maximum atomic E-state index is 13.5. The first-order valence-electron chi connectivity index (χ1n) is 10.7.